The molecule has 2 aromatic rings. The van der Waals surface area contributed by atoms with Gasteiger partial charge < -0.3 is 9.64 Å². The number of methoxy groups -OCH3 is 1. The van der Waals surface area contributed by atoms with Crippen LogP contribution in [0.15, 0.2) is 18.3 Å². The van der Waals surface area contributed by atoms with Gasteiger partial charge in [-0.15, -0.1) is 0 Å². The molecule has 2 aromatic heterocycles. The molecule has 0 aliphatic rings. The lowest BCUT2D eigenvalue weighted by atomic mass is 10.0. The molecule has 0 bridgehead atoms. The van der Waals surface area contributed by atoms with Crippen LogP contribution < -0.4 is 4.74 Å². The molecule has 0 aliphatic heterocycles. The standard InChI is InChI=1S/C16H22N4O2/c1-10-15(12(3)20(5)18-10)11(2)19(4)16(21)13-7-8-17-14(9-13)22-6/h7-9,11H,1-6H3/t11-/m0/s1. The summed E-state index contributed by atoms with van der Waals surface area (Å²) in [4.78, 5) is 18.4. The second-order valence-corrected chi connectivity index (χ2v) is 5.39. The van der Waals surface area contributed by atoms with E-state index in [-0.39, 0.29) is 11.9 Å². The summed E-state index contributed by atoms with van der Waals surface area (Å²) in [6.07, 6.45) is 1.57. The number of carbonyl (C=O) groups excluding carboxylic acids is 1. The zero-order valence-electron chi connectivity index (χ0n) is 13.9. The molecule has 0 unspecified atom stereocenters. The molecule has 0 saturated heterocycles. The van der Waals surface area contributed by atoms with Crippen LogP contribution >= 0.6 is 0 Å². The van der Waals surface area contributed by atoms with Gasteiger partial charge in [0.2, 0.25) is 5.88 Å². The fraction of sp³-hybridized carbons (Fsp3) is 0.438. The van der Waals surface area contributed by atoms with E-state index in [9.17, 15) is 4.79 Å². The number of pyridine rings is 1. The zero-order chi connectivity index (χ0) is 16.4. The van der Waals surface area contributed by atoms with Gasteiger partial charge in [0, 0.05) is 43.2 Å². The number of rotatable bonds is 4. The smallest absolute Gasteiger partial charge is 0.254 e. The normalized spacial score (nSPS) is 12.1. The van der Waals surface area contributed by atoms with E-state index in [1.165, 1.54) is 7.11 Å². The van der Waals surface area contributed by atoms with Crippen molar-refractivity contribution in [2.24, 2.45) is 7.05 Å². The molecular weight excluding hydrogens is 280 g/mol. The van der Waals surface area contributed by atoms with Crippen LogP contribution in [0.2, 0.25) is 0 Å². The minimum Gasteiger partial charge on any atom is -0.481 e. The second kappa shape index (κ2) is 6.17. The largest absolute Gasteiger partial charge is 0.481 e. The van der Waals surface area contributed by atoms with Crippen molar-refractivity contribution in [2.75, 3.05) is 14.2 Å². The van der Waals surface area contributed by atoms with Crippen molar-refractivity contribution in [1.29, 1.82) is 0 Å². The van der Waals surface area contributed by atoms with Crippen molar-refractivity contribution in [1.82, 2.24) is 19.7 Å². The van der Waals surface area contributed by atoms with Crippen LogP contribution in [-0.2, 0) is 7.05 Å². The Morgan fingerprint density at radius 3 is 2.64 bits per heavy atom. The molecule has 0 aliphatic carbocycles. The van der Waals surface area contributed by atoms with E-state index < -0.39 is 0 Å². The van der Waals surface area contributed by atoms with Gasteiger partial charge in [0.05, 0.1) is 18.8 Å². The van der Waals surface area contributed by atoms with Crippen LogP contribution in [0.4, 0.5) is 0 Å². The molecule has 0 N–H and O–H groups in total. The third-order valence-electron chi connectivity index (χ3n) is 4.07. The fourth-order valence-electron chi connectivity index (χ4n) is 2.62. The molecule has 0 fully saturated rings. The topological polar surface area (TPSA) is 60.2 Å². The van der Waals surface area contributed by atoms with Crippen LogP contribution in [0.5, 0.6) is 5.88 Å². The number of carbonyl (C=O) groups is 1. The highest BCUT2D eigenvalue weighted by Gasteiger charge is 2.24. The number of nitrogens with zero attached hydrogens (tertiary/aromatic N) is 4. The molecule has 6 nitrogen and oxygen atoms in total. The fourth-order valence-corrected chi connectivity index (χ4v) is 2.62. The van der Waals surface area contributed by atoms with Crippen molar-refractivity contribution >= 4 is 5.91 Å². The maximum Gasteiger partial charge on any atom is 0.254 e. The number of amides is 1. The minimum atomic E-state index is -0.0733. The van der Waals surface area contributed by atoms with Gasteiger partial charge in [-0.25, -0.2) is 4.98 Å². The maximum atomic E-state index is 12.7. The zero-order valence-corrected chi connectivity index (χ0v) is 13.9. The molecule has 1 atom stereocenters. The van der Waals surface area contributed by atoms with Crippen LogP contribution in [0.1, 0.15) is 40.3 Å². The SMILES string of the molecule is COc1cc(C(=O)N(C)[C@@H](C)c2c(C)nn(C)c2C)ccn1. The van der Waals surface area contributed by atoms with Crippen molar-refractivity contribution in [3.63, 3.8) is 0 Å². The summed E-state index contributed by atoms with van der Waals surface area (Å²) in [6, 6.07) is 3.27. The molecule has 0 saturated carbocycles. The molecule has 118 valence electrons. The lowest BCUT2D eigenvalue weighted by molar-refractivity contribution is 0.0741. The van der Waals surface area contributed by atoms with Crippen molar-refractivity contribution in [3.05, 3.63) is 40.8 Å². The Balaban J connectivity index is 2.29. The average molecular weight is 302 g/mol. The first-order valence-corrected chi connectivity index (χ1v) is 7.14. The average Bonchev–Trinajstić information content (AvgIpc) is 2.78. The quantitative estimate of drug-likeness (QED) is 0.869. The predicted molar refractivity (Wildman–Crippen MR) is 84.0 cm³/mol. The van der Waals surface area contributed by atoms with Crippen LogP contribution in [0.3, 0.4) is 0 Å². The third-order valence-corrected chi connectivity index (χ3v) is 4.07. The minimum absolute atomic E-state index is 0.0691. The first kappa shape index (κ1) is 16.0. The highest BCUT2D eigenvalue weighted by atomic mass is 16.5. The number of hydrogen-bond acceptors (Lipinski definition) is 4. The van der Waals surface area contributed by atoms with Gasteiger partial charge in [0.1, 0.15) is 0 Å². The van der Waals surface area contributed by atoms with E-state index in [0.717, 1.165) is 17.0 Å². The van der Waals surface area contributed by atoms with Crippen molar-refractivity contribution in [3.8, 4) is 5.88 Å². The van der Waals surface area contributed by atoms with Crippen LogP contribution in [0, 0.1) is 13.8 Å². The number of aromatic nitrogens is 3. The summed E-state index contributed by atoms with van der Waals surface area (Å²) in [5.74, 6) is 0.358. The van der Waals surface area contributed by atoms with Gasteiger partial charge in [-0.05, 0) is 26.8 Å². The Hall–Kier alpha value is -2.37. The Bertz CT molecular complexity index is 693. The van der Waals surface area contributed by atoms with E-state index in [0.29, 0.717) is 11.4 Å². The third kappa shape index (κ3) is 2.81. The Kier molecular flexibility index (Phi) is 4.49. The summed E-state index contributed by atoms with van der Waals surface area (Å²) in [5, 5.41) is 4.42. The number of ether oxygens (including phenoxy) is 1. The van der Waals surface area contributed by atoms with Gasteiger partial charge >= 0.3 is 0 Å². The van der Waals surface area contributed by atoms with Crippen molar-refractivity contribution < 1.29 is 9.53 Å². The molecular formula is C16H22N4O2. The summed E-state index contributed by atoms with van der Waals surface area (Å²) in [6.45, 7) is 5.99. The monoisotopic (exact) mass is 302 g/mol. The van der Waals surface area contributed by atoms with Gasteiger partial charge in [0.25, 0.3) is 5.91 Å². The molecule has 1 amide bonds. The first-order chi connectivity index (χ1) is 10.4. The maximum absolute atomic E-state index is 12.7. The van der Waals surface area contributed by atoms with E-state index in [2.05, 4.69) is 10.1 Å². The molecule has 22 heavy (non-hydrogen) atoms. The van der Waals surface area contributed by atoms with Gasteiger partial charge in [0.15, 0.2) is 0 Å². The molecule has 0 radical (unpaired) electrons. The Morgan fingerprint density at radius 2 is 2.09 bits per heavy atom. The number of hydrogen-bond donors (Lipinski definition) is 0. The van der Waals surface area contributed by atoms with E-state index in [4.69, 9.17) is 4.74 Å². The van der Waals surface area contributed by atoms with E-state index in [1.54, 1.807) is 30.3 Å². The van der Waals surface area contributed by atoms with Gasteiger partial charge in [-0.2, -0.15) is 5.10 Å². The van der Waals surface area contributed by atoms with Crippen molar-refractivity contribution in [2.45, 2.75) is 26.8 Å². The first-order valence-electron chi connectivity index (χ1n) is 7.14. The molecule has 0 aromatic carbocycles. The highest BCUT2D eigenvalue weighted by molar-refractivity contribution is 5.94. The summed E-state index contributed by atoms with van der Waals surface area (Å²) in [7, 11) is 5.24. The summed E-state index contributed by atoms with van der Waals surface area (Å²) in [5.41, 5.74) is 3.65. The highest BCUT2D eigenvalue weighted by Crippen LogP contribution is 2.26. The Labute approximate surface area is 130 Å². The molecule has 6 heteroatoms. The molecule has 2 rings (SSSR count). The summed E-state index contributed by atoms with van der Waals surface area (Å²) < 4.78 is 6.92. The number of aryl methyl sites for hydroxylation is 2. The lowest BCUT2D eigenvalue weighted by Crippen LogP contribution is -2.30. The van der Waals surface area contributed by atoms with Gasteiger partial charge in [-0.1, -0.05) is 0 Å². The van der Waals surface area contributed by atoms with E-state index in [1.807, 2.05) is 32.5 Å². The van der Waals surface area contributed by atoms with E-state index >= 15 is 0 Å². The lowest BCUT2D eigenvalue weighted by Gasteiger charge is -2.25. The molecule has 2 heterocycles. The Morgan fingerprint density at radius 1 is 1.41 bits per heavy atom. The van der Waals surface area contributed by atoms with Gasteiger partial charge in [-0.3, -0.25) is 9.48 Å². The summed E-state index contributed by atoms with van der Waals surface area (Å²) >= 11 is 0. The molecule has 0 spiro atoms. The predicted octanol–water partition coefficient (Wildman–Crippen LogP) is 2.27. The second-order valence-electron chi connectivity index (χ2n) is 5.39. The van der Waals surface area contributed by atoms with Crippen LogP contribution in [-0.4, -0.2) is 39.7 Å². The van der Waals surface area contributed by atoms with Crippen LogP contribution in [0.25, 0.3) is 0 Å².